The van der Waals surface area contributed by atoms with Crippen LogP contribution in [0, 0.1) is 0 Å². The van der Waals surface area contributed by atoms with Gasteiger partial charge in [0.1, 0.15) is 6.10 Å². The highest BCUT2D eigenvalue weighted by Crippen LogP contribution is 2.18. The third kappa shape index (κ3) is 3.19. The number of nitrogens with zero attached hydrogens (tertiary/aromatic N) is 1. The Labute approximate surface area is 98.1 Å². The lowest BCUT2D eigenvalue weighted by molar-refractivity contribution is -0.143. The Balaban J connectivity index is 2.63. The first-order valence-corrected chi connectivity index (χ1v) is 6.36. The van der Waals surface area contributed by atoms with Crippen LogP contribution in [0.3, 0.4) is 0 Å². The molecule has 1 amide bonds. The first-order chi connectivity index (χ1) is 7.74. The summed E-state index contributed by atoms with van der Waals surface area (Å²) in [6.07, 6.45) is 3.60. The molecule has 0 bridgehead atoms. The molecule has 16 heavy (non-hydrogen) atoms. The molecule has 0 aliphatic carbocycles. The van der Waals surface area contributed by atoms with Crippen LogP contribution in [-0.2, 0) is 9.53 Å². The third-order valence-corrected chi connectivity index (χ3v) is 3.24. The maximum Gasteiger partial charge on any atom is 0.251 e. The van der Waals surface area contributed by atoms with E-state index in [0.717, 1.165) is 32.3 Å². The van der Waals surface area contributed by atoms with E-state index in [1.165, 1.54) is 0 Å². The maximum absolute atomic E-state index is 12.2. The van der Waals surface area contributed by atoms with Gasteiger partial charge in [0, 0.05) is 25.7 Å². The number of ether oxygens (including phenoxy) is 1. The summed E-state index contributed by atoms with van der Waals surface area (Å²) in [7, 11) is 0. The van der Waals surface area contributed by atoms with Gasteiger partial charge in [0.25, 0.3) is 5.91 Å². The zero-order valence-corrected chi connectivity index (χ0v) is 10.4. The van der Waals surface area contributed by atoms with Crippen molar-refractivity contribution in [3.63, 3.8) is 0 Å². The van der Waals surface area contributed by atoms with Gasteiger partial charge in [0.05, 0.1) is 0 Å². The van der Waals surface area contributed by atoms with Gasteiger partial charge in [-0.2, -0.15) is 0 Å². The number of hydrogen-bond acceptors (Lipinski definition) is 3. The summed E-state index contributed by atoms with van der Waals surface area (Å²) in [6.45, 7) is 6.11. The molecule has 1 unspecified atom stereocenters. The van der Waals surface area contributed by atoms with E-state index in [1.807, 2.05) is 4.90 Å². The fraction of sp³-hybridized carbons (Fsp3) is 0.917. The maximum atomic E-state index is 12.2. The first-order valence-electron chi connectivity index (χ1n) is 6.36. The summed E-state index contributed by atoms with van der Waals surface area (Å²) in [5.41, 5.74) is 5.58. The van der Waals surface area contributed by atoms with Crippen molar-refractivity contribution in [1.29, 1.82) is 0 Å². The van der Waals surface area contributed by atoms with Crippen LogP contribution in [0.1, 0.15) is 39.5 Å². The number of nitrogens with two attached hydrogens (primary N) is 1. The van der Waals surface area contributed by atoms with Crippen molar-refractivity contribution in [3.8, 4) is 0 Å². The molecule has 0 saturated carbocycles. The van der Waals surface area contributed by atoms with Crippen LogP contribution in [0.15, 0.2) is 0 Å². The molecule has 1 aliphatic rings. The van der Waals surface area contributed by atoms with Gasteiger partial charge in [-0.1, -0.05) is 13.8 Å². The van der Waals surface area contributed by atoms with Gasteiger partial charge in [0.15, 0.2) is 0 Å². The SMILES string of the molecule is CCC(CC)N(CCN)C(=O)C1CCCO1. The van der Waals surface area contributed by atoms with Gasteiger partial charge >= 0.3 is 0 Å². The Morgan fingerprint density at radius 2 is 2.19 bits per heavy atom. The van der Waals surface area contributed by atoms with E-state index in [9.17, 15) is 4.79 Å². The van der Waals surface area contributed by atoms with E-state index in [2.05, 4.69) is 13.8 Å². The molecule has 94 valence electrons. The van der Waals surface area contributed by atoms with E-state index in [0.29, 0.717) is 19.1 Å². The van der Waals surface area contributed by atoms with Gasteiger partial charge in [-0.25, -0.2) is 0 Å². The largest absolute Gasteiger partial charge is 0.368 e. The fourth-order valence-corrected chi connectivity index (χ4v) is 2.30. The quantitative estimate of drug-likeness (QED) is 0.741. The highest BCUT2D eigenvalue weighted by molar-refractivity contribution is 5.81. The molecule has 0 aromatic carbocycles. The van der Waals surface area contributed by atoms with E-state index in [-0.39, 0.29) is 12.0 Å². The molecular formula is C12H24N2O2. The lowest BCUT2D eigenvalue weighted by Crippen LogP contribution is -2.47. The Hall–Kier alpha value is -0.610. The monoisotopic (exact) mass is 228 g/mol. The molecule has 1 atom stereocenters. The van der Waals surface area contributed by atoms with Crippen LogP contribution in [-0.4, -0.2) is 42.6 Å². The summed E-state index contributed by atoms with van der Waals surface area (Å²) >= 11 is 0. The summed E-state index contributed by atoms with van der Waals surface area (Å²) < 4.78 is 5.45. The van der Waals surface area contributed by atoms with Crippen molar-refractivity contribution in [2.24, 2.45) is 5.73 Å². The summed E-state index contributed by atoms with van der Waals surface area (Å²) in [4.78, 5) is 14.2. The van der Waals surface area contributed by atoms with Crippen molar-refractivity contribution in [2.75, 3.05) is 19.7 Å². The zero-order chi connectivity index (χ0) is 12.0. The molecule has 1 aliphatic heterocycles. The van der Waals surface area contributed by atoms with Crippen LogP contribution in [0.4, 0.5) is 0 Å². The van der Waals surface area contributed by atoms with Gasteiger partial charge in [-0.3, -0.25) is 4.79 Å². The number of amides is 1. The number of rotatable bonds is 6. The fourth-order valence-electron chi connectivity index (χ4n) is 2.30. The minimum absolute atomic E-state index is 0.136. The molecule has 0 aromatic rings. The first kappa shape index (κ1) is 13.5. The molecule has 1 rings (SSSR count). The van der Waals surface area contributed by atoms with E-state index < -0.39 is 0 Å². The Kier molecular flexibility index (Phi) is 5.77. The van der Waals surface area contributed by atoms with Gasteiger partial charge in [-0.15, -0.1) is 0 Å². The van der Waals surface area contributed by atoms with Crippen molar-refractivity contribution in [2.45, 2.75) is 51.7 Å². The Morgan fingerprint density at radius 1 is 1.50 bits per heavy atom. The lowest BCUT2D eigenvalue weighted by atomic mass is 10.1. The smallest absolute Gasteiger partial charge is 0.251 e. The van der Waals surface area contributed by atoms with Crippen LogP contribution in [0.25, 0.3) is 0 Å². The van der Waals surface area contributed by atoms with Crippen molar-refractivity contribution in [3.05, 3.63) is 0 Å². The molecule has 4 nitrogen and oxygen atoms in total. The molecule has 1 fully saturated rings. The Morgan fingerprint density at radius 3 is 2.62 bits per heavy atom. The van der Waals surface area contributed by atoms with Crippen LogP contribution >= 0.6 is 0 Å². The minimum atomic E-state index is -0.216. The third-order valence-electron chi connectivity index (χ3n) is 3.24. The standard InChI is InChI=1S/C12H24N2O2/c1-3-10(4-2)14(8-7-13)12(15)11-6-5-9-16-11/h10-11H,3-9,13H2,1-2H3. The molecule has 0 radical (unpaired) electrons. The van der Waals surface area contributed by atoms with Gasteiger partial charge in [-0.05, 0) is 25.7 Å². The van der Waals surface area contributed by atoms with E-state index >= 15 is 0 Å². The molecule has 0 spiro atoms. The molecule has 2 N–H and O–H groups in total. The average molecular weight is 228 g/mol. The van der Waals surface area contributed by atoms with Crippen molar-refractivity contribution < 1.29 is 9.53 Å². The topological polar surface area (TPSA) is 55.6 Å². The summed E-state index contributed by atoms with van der Waals surface area (Å²) in [6, 6.07) is 0.306. The Bertz CT molecular complexity index is 211. The molecule has 4 heteroatoms. The second kappa shape index (κ2) is 6.86. The number of carbonyl (C=O) groups is 1. The second-order valence-corrected chi connectivity index (χ2v) is 4.29. The van der Waals surface area contributed by atoms with Crippen LogP contribution in [0.2, 0.25) is 0 Å². The van der Waals surface area contributed by atoms with E-state index in [4.69, 9.17) is 10.5 Å². The average Bonchev–Trinajstić information content (AvgIpc) is 2.82. The van der Waals surface area contributed by atoms with Crippen LogP contribution < -0.4 is 5.73 Å². The molecule has 1 heterocycles. The predicted molar refractivity (Wildman–Crippen MR) is 64.1 cm³/mol. The zero-order valence-electron chi connectivity index (χ0n) is 10.4. The highest BCUT2D eigenvalue weighted by atomic mass is 16.5. The lowest BCUT2D eigenvalue weighted by Gasteiger charge is -2.32. The van der Waals surface area contributed by atoms with Gasteiger partial charge < -0.3 is 15.4 Å². The number of hydrogen-bond donors (Lipinski definition) is 1. The number of carbonyl (C=O) groups excluding carboxylic acids is 1. The predicted octanol–water partition coefficient (Wildman–Crippen LogP) is 1.14. The van der Waals surface area contributed by atoms with Crippen LogP contribution in [0.5, 0.6) is 0 Å². The van der Waals surface area contributed by atoms with Crippen molar-refractivity contribution >= 4 is 5.91 Å². The normalized spacial score (nSPS) is 20.4. The molecule has 1 saturated heterocycles. The van der Waals surface area contributed by atoms with Gasteiger partial charge in [0.2, 0.25) is 0 Å². The summed E-state index contributed by atoms with van der Waals surface area (Å²) in [5.74, 6) is 0.136. The minimum Gasteiger partial charge on any atom is -0.368 e. The molecular weight excluding hydrogens is 204 g/mol. The second-order valence-electron chi connectivity index (χ2n) is 4.29. The van der Waals surface area contributed by atoms with E-state index in [1.54, 1.807) is 0 Å². The van der Waals surface area contributed by atoms with Crippen molar-refractivity contribution in [1.82, 2.24) is 4.90 Å². The molecule has 0 aromatic heterocycles. The summed E-state index contributed by atoms with van der Waals surface area (Å²) in [5, 5.41) is 0. The highest BCUT2D eigenvalue weighted by Gasteiger charge is 2.30.